The second-order valence-electron chi connectivity index (χ2n) is 7.03. The Balaban J connectivity index is 1.83. The molecule has 2 N–H and O–H groups in total. The number of hydrogen-bond donors (Lipinski definition) is 2. The van der Waals surface area contributed by atoms with Crippen molar-refractivity contribution in [1.82, 2.24) is 0 Å². The Hall–Kier alpha value is -3.14. The van der Waals surface area contributed by atoms with E-state index in [1.54, 1.807) is 13.0 Å². The average molecular weight is 364 g/mol. The minimum Gasteiger partial charge on any atom is -0.423 e. The highest BCUT2D eigenvalue weighted by Crippen LogP contribution is 2.31. The van der Waals surface area contributed by atoms with Gasteiger partial charge in [-0.05, 0) is 68.3 Å². The summed E-state index contributed by atoms with van der Waals surface area (Å²) in [6.45, 7) is 5.65. The fraction of sp³-hybridized carbons (Fsp3) is 0.0400. The first-order chi connectivity index (χ1) is 13.6. The van der Waals surface area contributed by atoms with Gasteiger partial charge >= 0.3 is 7.12 Å². The maximum Gasteiger partial charge on any atom is 0.483 e. The van der Waals surface area contributed by atoms with E-state index in [4.69, 9.17) is 0 Å². The SMILES string of the molecule is C=Cc1c(/C=C(\C)B(O)O)ccc2cc(-c3ccc4ccccc4c3)ccc12. The van der Waals surface area contributed by atoms with Gasteiger partial charge in [-0.25, -0.2) is 0 Å². The second kappa shape index (κ2) is 7.47. The van der Waals surface area contributed by atoms with Gasteiger partial charge in [0.2, 0.25) is 0 Å². The average Bonchev–Trinajstić information content (AvgIpc) is 2.72. The number of benzene rings is 4. The molecule has 0 unspecified atom stereocenters. The molecule has 4 aromatic rings. The van der Waals surface area contributed by atoms with E-state index < -0.39 is 7.12 Å². The van der Waals surface area contributed by atoms with Gasteiger partial charge in [-0.2, -0.15) is 0 Å². The summed E-state index contributed by atoms with van der Waals surface area (Å²) in [7, 11) is -1.45. The highest BCUT2D eigenvalue weighted by atomic mass is 16.4. The Morgan fingerprint density at radius 1 is 0.821 bits per heavy atom. The Labute approximate surface area is 165 Å². The van der Waals surface area contributed by atoms with Crippen molar-refractivity contribution in [2.75, 3.05) is 0 Å². The molecule has 0 aromatic heterocycles. The smallest absolute Gasteiger partial charge is 0.423 e. The monoisotopic (exact) mass is 364 g/mol. The molecule has 0 fully saturated rings. The molecule has 0 atom stereocenters. The molecule has 0 amide bonds. The van der Waals surface area contributed by atoms with Gasteiger partial charge in [0.15, 0.2) is 0 Å². The zero-order valence-corrected chi connectivity index (χ0v) is 15.8. The molecule has 0 saturated carbocycles. The predicted molar refractivity (Wildman–Crippen MR) is 121 cm³/mol. The van der Waals surface area contributed by atoms with E-state index in [0.29, 0.717) is 5.47 Å². The topological polar surface area (TPSA) is 40.5 Å². The molecule has 3 heteroatoms. The van der Waals surface area contributed by atoms with Crippen molar-refractivity contribution in [3.8, 4) is 11.1 Å². The van der Waals surface area contributed by atoms with Gasteiger partial charge in [0, 0.05) is 0 Å². The molecule has 28 heavy (non-hydrogen) atoms. The lowest BCUT2D eigenvalue weighted by molar-refractivity contribution is 0.419. The fourth-order valence-electron chi connectivity index (χ4n) is 3.59. The molecule has 0 aliphatic rings. The summed E-state index contributed by atoms with van der Waals surface area (Å²) in [6.07, 6.45) is 3.61. The van der Waals surface area contributed by atoms with Crippen LogP contribution in [0, 0.1) is 0 Å². The van der Waals surface area contributed by atoms with E-state index in [0.717, 1.165) is 21.9 Å². The summed E-state index contributed by atoms with van der Waals surface area (Å²) < 4.78 is 0. The van der Waals surface area contributed by atoms with Gasteiger partial charge in [-0.1, -0.05) is 79.4 Å². The molecule has 4 rings (SSSR count). The summed E-state index contributed by atoms with van der Waals surface area (Å²) >= 11 is 0. The molecule has 136 valence electrons. The Morgan fingerprint density at radius 3 is 2.18 bits per heavy atom. The minimum absolute atomic E-state index is 0.496. The van der Waals surface area contributed by atoms with E-state index in [1.807, 2.05) is 12.1 Å². The van der Waals surface area contributed by atoms with E-state index in [2.05, 4.69) is 73.3 Å². The zero-order chi connectivity index (χ0) is 19.7. The van der Waals surface area contributed by atoms with Crippen molar-refractivity contribution in [3.05, 3.63) is 96.0 Å². The lowest BCUT2D eigenvalue weighted by atomic mass is 9.79. The quantitative estimate of drug-likeness (QED) is 0.455. The third kappa shape index (κ3) is 3.38. The third-order valence-electron chi connectivity index (χ3n) is 5.17. The first-order valence-electron chi connectivity index (χ1n) is 9.29. The molecule has 0 heterocycles. The first kappa shape index (κ1) is 18.2. The maximum absolute atomic E-state index is 9.36. The largest absolute Gasteiger partial charge is 0.483 e. The van der Waals surface area contributed by atoms with Crippen LogP contribution in [0.1, 0.15) is 18.1 Å². The molecule has 2 nitrogen and oxygen atoms in total. The predicted octanol–water partition coefficient (Wildman–Crippen LogP) is 5.72. The molecular formula is C25H21BO2. The molecule has 0 aliphatic carbocycles. The van der Waals surface area contributed by atoms with Gasteiger partial charge in [0.1, 0.15) is 0 Å². The Bertz CT molecular complexity index is 1220. The molecule has 4 aromatic carbocycles. The van der Waals surface area contributed by atoms with Crippen molar-refractivity contribution >= 4 is 40.8 Å². The standard InChI is InChI=1S/C25H21BO2/c1-3-24-22(14-17(2)26(27)28)10-11-23-16-21(12-13-25(23)24)20-9-8-18-6-4-5-7-19(18)15-20/h3-16,27-28H,1H2,2H3/b17-14+. The first-order valence-corrected chi connectivity index (χ1v) is 9.29. The van der Waals surface area contributed by atoms with E-state index in [-0.39, 0.29) is 0 Å². The van der Waals surface area contributed by atoms with Gasteiger partial charge < -0.3 is 10.0 Å². The van der Waals surface area contributed by atoms with Gasteiger partial charge in [-0.15, -0.1) is 0 Å². The maximum atomic E-state index is 9.36. The summed E-state index contributed by atoms with van der Waals surface area (Å²) in [5.74, 6) is 0. The van der Waals surface area contributed by atoms with Crippen LogP contribution in [0.2, 0.25) is 0 Å². The van der Waals surface area contributed by atoms with Crippen LogP contribution >= 0.6 is 0 Å². The van der Waals surface area contributed by atoms with Gasteiger partial charge in [0.25, 0.3) is 0 Å². The number of allylic oxidation sites excluding steroid dienone is 1. The number of hydrogen-bond acceptors (Lipinski definition) is 2. The normalized spacial score (nSPS) is 11.8. The highest BCUT2D eigenvalue weighted by molar-refractivity contribution is 6.51. The third-order valence-corrected chi connectivity index (χ3v) is 5.17. The van der Waals surface area contributed by atoms with Crippen molar-refractivity contribution in [3.63, 3.8) is 0 Å². The summed E-state index contributed by atoms with van der Waals surface area (Å²) in [5.41, 5.74) is 4.76. The minimum atomic E-state index is -1.45. The van der Waals surface area contributed by atoms with Crippen molar-refractivity contribution in [1.29, 1.82) is 0 Å². The van der Waals surface area contributed by atoms with E-state index in [1.165, 1.54) is 21.9 Å². The molecule has 0 aliphatic heterocycles. The van der Waals surface area contributed by atoms with E-state index >= 15 is 0 Å². The van der Waals surface area contributed by atoms with Crippen LogP contribution in [0.25, 0.3) is 44.8 Å². The summed E-state index contributed by atoms with van der Waals surface area (Å²) in [5, 5.41) is 23.4. The van der Waals surface area contributed by atoms with Crippen LogP contribution in [0.15, 0.2) is 84.8 Å². The van der Waals surface area contributed by atoms with Crippen molar-refractivity contribution in [2.45, 2.75) is 6.92 Å². The summed E-state index contributed by atoms with van der Waals surface area (Å²) in [6, 6.07) is 25.4. The van der Waals surface area contributed by atoms with Crippen LogP contribution in [-0.4, -0.2) is 17.2 Å². The highest BCUT2D eigenvalue weighted by Gasteiger charge is 2.11. The van der Waals surface area contributed by atoms with Crippen LogP contribution in [0.5, 0.6) is 0 Å². The van der Waals surface area contributed by atoms with Gasteiger partial charge in [-0.3, -0.25) is 0 Å². The van der Waals surface area contributed by atoms with Crippen LogP contribution < -0.4 is 0 Å². The molecule has 0 radical (unpaired) electrons. The van der Waals surface area contributed by atoms with Crippen molar-refractivity contribution in [2.24, 2.45) is 0 Å². The number of fused-ring (bicyclic) bond motifs is 2. The molecular weight excluding hydrogens is 343 g/mol. The Kier molecular flexibility index (Phi) is 4.87. The lowest BCUT2D eigenvalue weighted by Gasteiger charge is -2.11. The number of rotatable bonds is 4. The van der Waals surface area contributed by atoms with Crippen LogP contribution in [-0.2, 0) is 0 Å². The van der Waals surface area contributed by atoms with Crippen LogP contribution in [0.3, 0.4) is 0 Å². The molecule has 0 saturated heterocycles. The van der Waals surface area contributed by atoms with Gasteiger partial charge in [0.05, 0.1) is 0 Å². The van der Waals surface area contributed by atoms with Crippen LogP contribution in [0.4, 0.5) is 0 Å². The summed E-state index contributed by atoms with van der Waals surface area (Å²) in [4.78, 5) is 0. The Morgan fingerprint density at radius 2 is 1.46 bits per heavy atom. The fourth-order valence-corrected chi connectivity index (χ4v) is 3.59. The van der Waals surface area contributed by atoms with Crippen molar-refractivity contribution < 1.29 is 10.0 Å². The molecule has 0 spiro atoms. The molecule has 0 bridgehead atoms. The van der Waals surface area contributed by atoms with E-state index in [9.17, 15) is 10.0 Å². The lowest BCUT2D eigenvalue weighted by Crippen LogP contribution is -2.12. The second-order valence-corrected chi connectivity index (χ2v) is 7.03. The zero-order valence-electron chi connectivity index (χ0n) is 15.8.